The van der Waals surface area contributed by atoms with Crippen LogP contribution in [0.3, 0.4) is 0 Å². The molecule has 15 heteroatoms. The summed E-state index contributed by atoms with van der Waals surface area (Å²) < 4.78 is 78.4. The average molecular weight is 620 g/mol. The van der Waals surface area contributed by atoms with Crippen LogP contribution in [-0.4, -0.2) is 73.5 Å². The van der Waals surface area contributed by atoms with Crippen LogP contribution in [0.25, 0.3) is 20.8 Å². The van der Waals surface area contributed by atoms with Gasteiger partial charge in [0.15, 0.2) is 5.75 Å². The van der Waals surface area contributed by atoms with Crippen molar-refractivity contribution < 1.29 is 45.1 Å². The lowest BCUT2D eigenvalue weighted by Crippen LogP contribution is -2.36. The molecule has 0 atom stereocenters. The van der Waals surface area contributed by atoms with Gasteiger partial charge in [0, 0.05) is 30.4 Å². The Morgan fingerprint density at radius 3 is 2.41 bits per heavy atom. The predicted octanol–water partition coefficient (Wildman–Crippen LogP) is 4.61. The van der Waals surface area contributed by atoms with Crippen molar-refractivity contribution in [3.63, 3.8) is 0 Å². The van der Waals surface area contributed by atoms with Crippen LogP contribution in [-0.2, 0) is 30.8 Å². The molecule has 2 aromatic heterocycles. The van der Waals surface area contributed by atoms with E-state index in [2.05, 4.69) is 14.2 Å². The van der Waals surface area contributed by atoms with Crippen molar-refractivity contribution in [1.29, 1.82) is 0 Å². The number of nitrogens with zero attached hydrogens (tertiary/aromatic N) is 3. The number of carbonyl (C=O) groups excluding carboxylic acids is 1. The maximum Gasteiger partial charge on any atom is 0.534 e. The van der Waals surface area contributed by atoms with Gasteiger partial charge in [-0.25, -0.2) is 9.97 Å². The summed E-state index contributed by atoms with van der Waals surface area (Å²) in [5.74, 6) is -0.629. The summed E-state index contributed by atoms with van der Waals surface area (Å²) in [6, 6.07) is 5.06. The standard InChI is InChI=1S/C22H22F3N3O6S2.C4H10O/c1-3-33-18(29)12-15-13(2)10-16-20(19(15)34-36(30,31)22(23,24)25)35-21(27-16)14-4-5-26-17(11-14)28-6-8-32-9-7-28;1-4(2,3)5/h4-5,10-11H,3,6-9,12H2,1-2H3;5H,1-3H3. The Balaban J connectivity index is 0.000000850. The Morgan fingerprint density at radius 1 is 1.20 bits per heavy atom. The highest BCUT2D eigenvalue weighted by Crippen LogP contribution is 2.42. The molecule has 1 N–H and O–H groups in total. The molecule has 3 aromatic rings. The van der Waals surface area contributed by atoms with Crippen LogP contribution in [0.4, 0.5) is 19.0 Å². The second kappa shape index (κ2) is 12.9. The van der Waals surface area contributed by atoms with Gasteiger partial charge in [-0.3, -0.25) is 4.79 Å². The van der Waals surface area contributed by atoms with Crippen molar-refractivity contribution in [3.8, 4) is 16.3 Å². The third-order valence-corrected chi connectivity index (χ3v) is 7.47. The van der Waals surface area contributed by atoms with Gasteiger partial charge in [-0.2, -0.15) is 21.6 Å². The quantitative estimate of drug-likeness (QED) is 0.227. The van der Waals surface area contributed by atoms with E-state index >= 15 is 0 Å². The number of rotatable bonds is 7. The zero-order valence-electron chi connectivity index (χ0n) is 23.2. The van der Waals surface area contributed by atoms with E-state index in [1.807, 2.05) is 4.90 Å². The molecule has 3 heterocycles. The molecule has 10 nitrogen and oxygen atoms in total. The van der Waals surface area contributed by atoms with Gasteiger partial charge in [0.1, 0.15) is 10.8 Å². The number of ether oxygens (including phenoxy) is 2. The van der Waals surface area contributed by atoms with Crippen LogP contribution in [0.1, 0.15) is 38.8 Å². The minimum Gasteiger partial charge on any atom is -0.466 e. The summed E-state index contributed by atoms with van der Waals surface area (Å²) >= 11 is 0.956. The summed E-state index contributed by atoms with van der Waals surface area (Å²) in [5.41, 5.74) is -4.97. The fourth-order valence-corrected chi connectivity index (χ4v) is 5.26. The molecule has 1 saturated heterocycles. The Labute approximate surface area is 240 Å². The van der Waals surface area contributed by atoms with Crippen LogP contribution in [0.2, 0.25) is 0 Å². The number of hydrogen-bond acceptors (Lipinski definition) is 11. The van der Waals surface area contributed by atoms with Crippen molar-refractivity contribution in [3.05, 3.63) is 35.5 Å². The molecule has 0 saturated carbocycles. The van der Waals surface area contributed by atoms with Gasteiger partial charge < -0.3 is 23.7 Å². The zero-order chi connectivity index (χ0) is 30.6. The Kier molecular flexibility index (Phi) is 10.2. The Bertz CT molecular complexity index is 1470. The topological polar surface area (TPSA) is 128 Å². The number of aromatic nitrogens is 2. The van der Waals surface area contributed by atoms with E-state index < -0.39 is 39.4 Å². The molecule has 1 aliphatic heterocycles. The van der Waals surface area contributed by atoms with Gasteiger partial charge in [0.2, 0.25) is 0 Å². The summed E-state index contributed by atoms with van der Waals surface area (Å²) in [4.78, 5) is 23.1. The predicted molar refractivity (Wildman–Crippen MR) is 149 cm³/mol. The van der Waals surface area contributed by atoms with Crippen LogP contribution >= 0.6 is 11.3 Å². The minimum absolute atomic E-state index is 0.0206. The monoisotopic (exact) mass is 619 g/mol. The van der Waals surface area contributed by atoms with Crippen LogP contribution in [0.15, 0.2) is 24.4 Å². The Hall–Kier alpha value is -3.01. The maximum atomic E-state index is 13.2. The smallest absolute Gasteiger partial charge is 0.466 e. The molecule has 0 aliphatic carbocycles. The van der Waals surface area contributed by atoms with Gasteiger partial charge in [-0.1, -0.05) is 0 Å². The van der Waals surface area contributed by atoms with E-state index in [0.717, 1.165) is 11.3 Å². The lowest BCUT2D eigenvalue weighted by molar-refractivity contribution is -0.142. The molecule has 41 heavy (non-hydrogen) atoms. The fraction of sp³-hybridized carbons (Fsp3) is 0.500. The number of esters is 1. The average Bonchev–Trinajstić information content (AvgIpc) is 3.29. The number of pyridine rings is 1. The molecule has 1 fully saturated rings. The summed E-state index contributed by atoms with van der Waals surface area (Å²) in [6.45, 7) is 10.8. The van der Waals surface area contributed by atoms with Gasteiger partial charge in [0.25, 0.3) is 0 Å². The number of morpholine rings is 1. The number of aliphatic hydroxyl groups is 1. The number of alkyl halides is 3. The molecule has 0 bridgehead atoms. The molecule has 0 radical (unpaired) electrons. The van der Waals surface area contributed by atoms with E-state index in [0.29, 0.717) is 48.3 Å². The van der Waals surface area contributed by atoms with Gasteiger partial charge in [-0.15, -0.1) is 11.3 Å². The minimum atomic E-state index is -6.01. The zero-order valence-corrected chi connectivity index (χ0v) is 24.9. The third-order valence-electron chi connectivity index (χ3n) is 5.39. The van der Waals surface area contributed by atoms with Gasteiger partial charge >= 0.3 is 21.6 Å². The Morgan fingerprint density at radius 2 is 1.83 bits per heavy atom. The highest BCUT2D eigenvalue weighted by atomic mass is 32.2. The third kappa shape index (κ3) is 8.74. The number of anilines is 1. The summed E-state index contributed by atoms with van der Waals surface area (Å²) in [7, 11) is -6.01. The first-order valence-corrected chi connectivity index (χ1v) is 14.8. The molecule has 226 valence electrons. The van der Waals surface area contributed by atoms with Crippen molar-refractivity contribution in [2.24, 2.45) is 0 Å². The van der Waals surface area contributed by atoms with E-state index in [4.69, 9.17) is 14.6 Å². The fourth-order valence-electron chi connectivity index (χ4n) is 3.66. The summed E-state index contributed by atoms with van der Waals surface area (Å²) in [5, 5.41) is 8.94. The molecular formula is C26H32F3N3O7S2. The molecule has 0 amide bonds. The maximum absolute atomic E-state index is 13.2. The first-order chi connectivity index (χ1) is 19.0. The van der Waals surface area contributed by atoms with Crippen molar-refractivity contribution in [2.45, 2.75) is 52.1 Å². The molecule has 0 unspecified atom stereocenters. The van der Waals surface area contributed by atoms with Crippen molar-refractivity contribution in [2.75, 3.05) is 37.8 Å². The molecule has 1 aromatic carbocycles. The van der Waals surface area contributed by atoms with Crippen LogP contribution < -0.4 is 9.08 Å². The summed E-state index contributed by atoms with van der Waals surface area (Å²) in [6.07, 6.45) is 1.12. The van der Waals surface area contributed by atoms with Crippen LogP contribution in [0, 0.1) is 6.92 Å². The lowest BCUT2D eigenvalue weighted by Gasteiger charge is -2.27. The number of hydrogen-bond donors (Lipinski definition) is 1. The lowest BCUT2D eigenvalue weighted by atomic mass is 10.0. The van der Waals surface area contributed by atoms with E-state index in [1.165, 1.54) is 6.92 Å². The highest BCUT2D eigenvalue weighted by Gasteiger charge is 2.49. The first kappa shape index (κ1) is 32.5. The van der Waals surface area contributed by atoms with Crippen LogP contribution in [0.5, 0.6) is 5.75 Å². The number of fused-ring (bicyclic) bond motifs is 1. The SMILES string of the molecule is CC(C)(C)O.CCOC(=O)Cc1c(C)cc2nc(-c3ccnc(N4CCOCC4)c3)sc2c1OS(=O)(=O)C(F)(F)F. The normalized spacial score (nSPS) is 14.4. The van der Waals surface area contributed by atoms with Gasteiger partial charge in [-0.05, 0) is 58.4 Å². The second-order valence-corrected chi connectivity index (χ2v) is 12.5. The number of halogens is 3. The van der Waals surface area contributed by atoms with E-state index in [9.17, 15) is 26.4 Å². The molecule has 0 spiro atoms. The molecular weight excluding hydrogens is 587 g/mol. The van der Waals surface area contributed by atoms with Crippen molar-refractivity contribution in [1.82, 2.24) is 9.97 Å². The number of aryl methyl sites for hydroxylation is 1. The van der Waals surface area contributed by atoms with E-state index in [1.54, 1.807) is 52.1 Å². The largest absolute Gasteiger partial charge is 0.534 e. The number of carbonyl (C=O) groups is 1. The van der Waals surface area contributed by atoms with E-state index in [-0.39, 0.29) is 22.4 Å². The molecule has 1 aliphatic rings. The number of thiazole rings is 1. The van der Waals surface area contributed by atoms with Gasteiger partial charge in [0.05, 0.1) is 42.1 Å². The molecule has 4 rings (SSSR count). The second-order valence-electron chi connectivity index (χ2n) is 10.0. The number of benzene rings is 1. The van der Waals surface area contributed by atoms with Crippen molar-refractivity contribution >= 4 is 43.5 Å². The first-order valence-electron chi connectivity index (χ1n) is 12.6. The highest BCUT2D eigenvalue weighted by molar-refractivity contribution is 7.88.